The molecule has 0 aromatic rings. The highest BCUT2D eigenvalue weighted by Gasteiger charge is 2.00. The molecule has 0 spiro atoms. The molecule has 11 heavy (non-hydrogen) atoms. The monoisotopic (exact) mass is 159 g/mol. The highest BCUT2D eigenvalue weighted by atomic mass is 16.4. The summed E-state index contributed by atoms with van der Waals surface area (Å²) in [6.07, 6.45) is 3.89. The maximum atomic E-state index is 10.1. The van der Waals surface area contributed by atoms with Crippen molar-refractivity contribution in [2.75, 3.05) is 0 Å². The summed E-state index contributed by atoms with van der Waals surface area (Å²) >= 11 is 0. The van der Waals surface area contributed by atoms with Crippen LogP contribution < -0.4 is 5.73 Å². The van der Waals surface area contributed by atoms with Gasteiger partial charge in [0, 0.05) is 12.5 Å². The van der Waals surface area contributed by atoms with Gasteiger partial charge in [-0.3, -0.25) is 4.79 Å². The Bertz CT molecular complexity index is 115. The number of hydrogen-bond donors (Lipinski definition) is 2. The maximum Gasteiger partial charge on any atom is 0.303 e. The van der Waals surface area contributed by atoms with Crippen molar-refractivity contribution < 1.29 is 9.90 Å². The average molecular weight is 159 g/mol. The molecular formula is C8H17NO2. The number of unbranched alkanes of at least 4 members (excludes halogenated alkanes) is 1. The molecule has 0 rings (SSSR count). The van der Waals surface area contributed by atoms with Gasteiger partial charge in [-0.1, -0.05) is 13.3 Å². The first kappa shape index (κ1) is 10.4. The van der Waals surface area contributed by atoms with E-state index >= 15 is 0 Å². The third kappa shape index (κ3) is 7.33. The van der Waals surface area contributed by atoms with Crippen LogP contribution in [0.5, 0.6) is 0 Å². The van der Waals surface area contributed by atoms with Crippen molar-refractivity contribution in [2.24, 2.45) is 5.73 Å². The van der Waals surface area contributed by atoms with E-state index in [0.29, 0.717) is 0 Å². The molecule has 1 atom stereocenters. The van der Waals surface area contributed by atoms with Crippen molar-refractivity contribution in [1.29, 1.82) is 0 Å². The second-order valence-electron chi connectivity index (χ2n) is 2.81. The van der Waals surface area contributed by atoms with Crippen molar-refractivity contribution in [2.45, 2.75) is 45.1 Å². The molecule has 0 aliphatic carbocycles. The van der Waals surface area contributed by atoms with Crippen molar-refractivity contribution in [3.8, 4) is 0 Å². The predicted molar refractivity (Wildman–Crippen MR) is 44.4 cm³/mol. The minimum atomic E-state index is -0.713. The van der Waals surface area contributed by atoms with Gasteiger partial charge < -0.3 is 10.8 Å². The smallest absolute Gasteiger partial charge is 0.303 e. The first-order valence-corrected chi connectivity index (χ1v) is 4.14. The van der Waals surface area contributed by atoms with Gasteiger partial charge in [-0.15, -0.1) is 0 Å². The fourth-order valence-corrected chi connectivity index (χ4v) is 0.887. The number of carboxylic acid groups (broad SMARTS) is 1. The molecule has 1 unspecified atom stereocenters. The molecule has 3 nitrogen and oxygen atoms in total. The van der Waals surface area contributed by atoms with Crippen LogP contribution in [0.25, 0.3) is 0 Å². The van der Waals surface area contributed by atoms with E-state index in [1.165, 1.54) is 0 Å². The molecule has 0 saturated heterocycles. The van der Waals surface area contributed by atoms with Gasteiger partial charge in [0.1, 0.15) is 0 Å². The number of rotatable bonds is 6. The van der Waals surface area contributed by atoms with Crippen LogP contribution in [0.4, 0.5) is 0 Å². The molecule has 0 radical (unpaired) electrons. The minimum Gasteiger partial charge on any atom is -0.481 e. The molecular weight excluding hydrogens is 142 g/mol. The molecule has 0 aromatic carbocycles. The maximum absolute atomic E-state index is 10.1. The third-order valence-electron chi connectivity index (χ3n) is 1.74. The Morgan fingerprint density at radius 3 is 2.64 bits per heavy atom. The van der Waals surface area contributed by atoms with Crippen molar-refractivity contribution in [3.05, 3.63) is 0 Å². The zero-order chi connectivity index (χ0) is 8.69. The van der Waals surface area contributed by atoms with E-state index in [-0.39, 0.29) is 12.5 Å². The van der Waals surface area contributed by atoms with E-state index < -0.39 is 5.97 Å². The van der Waals surface area contributed by atoms with Crippen molar-refractivity contribution in [1.82, 2.24) is 0 Å². The lowest BCUT2D eigenvalue weighted by Crippen LogP contribution is -2.18. The molecule has 0 saturated carbocycles. The summed E-state index contributed by atoms with van der Waals surface area (Å²) in [5, 5.41) is 8.30. The third-order valence-corrected chi connectivity index (χ3v) is 1.74. The van der Waals surface area contributed by atoms with Crippen LogP contribution in [0.2, 0.25) is 0 Å². The van der Waals surface area contributed by atoms with E-state index in [0.717, 1.165) is 25.7 Å². The van der Waals surface area contributed by atoms with E-state index in [2.05, 4.69) is 0 Å². The Morgan fingerprint density at radius 2 is 2.18 bits per heavy atom. The molecule has 0 aliphatic rings. The van der Waals surface area contributed by atoms with Gasteiger partial charge in [0.25, 0.3) is 0 Å². The minimum absolute atomic E-state index is 0.254. The molecule has 3 N–H and O–H groups in total. The van der Waals surface area contributed by atoms with Crippen LogP contribution in [0, 0.1) is 0 Å². The summed E-state index contributed by atoms with van der Waals surface area (Å²) < 4.78 is 0. The van der Waals surface area contributed by atoms with E-state index in [4.69, 9.17) is 10.8 Å². The quantitative estimate of drug-likeness (QED) is 0.575. The number of carboxylic acids is 1. The molecule has 0 heterocycles. The fraction of sp³-hybridized carbons (Fsp3) is 0.875. The second-order valence-corrected chi connectivity index (χ2v) is 2.81. The topological polar surface area (TPSA) is 63.3 Å². The molecule has 3 heteroatoms. The lowest BCUT2D eigenvalue weighted by atomic mass is 10.1. The molecule has 0 bridgehead atoms. The summed E-state index contributed by atoms with van der Waals surface area (Å²) in [6.45, 7) is 2.04. The fourth-order valence-electron chi connectivity index (χ4n) is 0.887. The molecule has 0 aromatic heterocycles. The number of carbonyl (C=O) groups is 1. The first-order chi connectivity index (χ1) is 5.16. The van der Waals surface area contributed by atoms with Gasteiger partial charge in [-0.2, -0.15) is 0 Å². The van der Waals surface area contributed by atoms with Gasteiger partial charge in [-0.25, -0.2) is 0 Å². The second kappa shape index (κ2) is 6.16. The van der Waals surface area contributed by atoms with Crippen LogP contribution in [0.15, 0.2) is 0 Å². The summed E-state index contributed by atoms with van der Waals surface area (Å²) in [4.78, 5) is 10.1. The van der Waals surface area contributed by atoms with Crippen LogP contribution in [0.3, 0.4) is 0 Å². The molecule has 0 amide bonds. The van der Waals surface area contributed by atoms with Crippen LogP contribution in [-0.4, -0.2) is 17.1 Å². The Kier molecular flexibility index (Phi) is 5.84. The van der Waals surface area contributed by atoms with Gasteiger partial charge in [0.15, 0.2) is 0 Å². The zero-order valence-electron chi connectivity index (χ0n) is 7.05. The summed E-state index contributed by atoms with van der Waals surface area (Å²) in [5.41, 5.74) is 5.64. The lowest BCUT2D eigenvalue weighted by Gasteiger charge is -2.06. The van der Waals surface area contributed by atoms with Crippen molar-refractivity contribution >= 4 is 5.97 Å². The van der Waals surface area contributed by atoms with E-state index in [1.807, 2.05) is 6.92 Å². The average Bonchev–Trinajstić information content (AvgIpc) is 1.97. The summed E-state index contributed by atoms with van der Waals surface area (Å²) in [5.74, 6) is -0.713. The predicted octanol–water partition coefficient (Wildman–Crippen LogP) is 1.37. The number of nitrogens with two attached hydrogens (primary N) is 1. The number of aliphatic carboxylic acids is 1. The van der Waals surface area contributed by atoms with Gasteiger partial charge in [-0.05, 0) is 19.3 Å². The number of hydrogen-bond acceptors (Lipinski definition) is 2. The van der Waals surface area contributed by atoms with E-state index in [1.54, 1.807) is 0 Å². The Hall–Kier alpha value is -0.570. The highest BCUT2D eigenvalue weighted by molar-refractivity contribution is 5.66. The van der Waals surface area contributed by atoms with Crippen molar-refractivity contribution in [3.63, 3.8) is 0 Å². The lowest BCUT2D eigenvalue weighted by molar-refractivity contribution is -0.137. The Morgan fingerprint density at radius 1 is 1.55 bits per heavy atom. The van der Waals surface area contributed by atoms with Gasteiger partial charge in [0.2, 0.25) is 0 Å². The zero-order valence-corrected chi connectivity index (χ0v) is 7.05. The van der Waals surface area contributed by atoms with Gasteiger partial charge in [0.05, 0.1) is 0 Å². The normalized spacial score (nSPS) is 12.9. The first-order valence-electron chi connectivity index (χ1n) is 4.14. The standard InChI is InChI=1S/C8H17NO2/c1-2-7(9)5-3-4-6-8(10)11/h7H,2-6,9H2,1H3,(H,10,11). The Balaban J connectivity index is 3.08. The molecule has 0 fully saturated rings. The molecule has 66 valence electrons. The van der Waals surface area contributed by atoms with Gasteiger partial charge >= 0.3 is 5.97 Å². The summed E-state index contributed by atoms with van der Waals surface area (Å²) in [7, 11) is 0. The molecule has 0 aliphatic heterocycles. The van der Waals surface area contributed by atoms with Crippen LogP contribution in [-0.2, 0) is 4.79 Å². The largest absolute Gasteiger partial charge is 0.481 e. The summed E-state index contributed by atoms with van der Waals surface area (Å²) in [6, 6.07) is 0.254. The Labute approximate surface area is 67.6 Å². The van der Waals surface area contributed by atoms with Crippen LogP contribution in [0.1, 0.15) is 39.0 Å². The highest BCUT2D eigenvalue weighted by Crippen LogP contribution is 2.03. The van der Waals surface area contributed by atoms with E-state index in [9.17, 15) is 4.79 Å². The van der Waals surface area contributed by atoms with Crippen LogP contribution >= 0.6 is 0 Å². The SMILES string of the molecule is CCC(N)CCCCC(=O)O.